The predicted molar refractivity (Wildman–Crippen MR) is 85.4 cm³/mol. The highest BCUT2D eigenvalue weighted by molar-refractivity contribution is 8.13. The van der Waals surface area contributed by atoms with Gasteiger partial charge in [0.2, 0.25) is 10.7 Å². The van der Waals surface area contributed by atoms with Gasteiger partial charge in [-0.1, -0.05) is 30.0 Å². The van der Waals surface area contributed by atoms with Crippen LogP contribution in [0, 0.1) is 0 Å². The molecule has 0 spiro atoms. The van der Waals surface area contributed by atoms with Gasteiger partial charge in [0, 0.05) is 51.8 Å². The molecule has 2 rings (SSSR count). The second kappa shape index (κ2) is 6.98. The summed E-state index contributed by atoms with van der Waals surface area (Å²) in [6, 6.07) is 10.7. The van der Waals surface area contributed by atoms with Gasteiger partial charge in [0.15, 0.2) is 5.54 Å². The summed E-state index contributed by atoms with van der Waals surface area (Å²) in [6.07, 6.45) is 5.51. The van der Waals surface area contributed by atoms with Crippen LogP contribution in [0.25, 0.3) is 0 Å². The summed E-state index contributed by atoms with van der Waals surface area (Å²) in [6.45, 7) is 4.62. The van der Waals surface area contributed by atoms with Crippen LogP contribution in [-0.4, -0.2) is 40.4 Å². The molecule has 0 N–H and O–H groups in total. The first-order valence-corrected chi connectivity index (χ1v) is 7.82. The maximum Gasteiger partial charge on any atom is 0.242 e. The van der Waals surface area contributed by atoms with Crippen molar-refractivity contribution < 1.29 is 28.6 Å². The van der Waals surface area contributed by atoms with E-state index in [0.29, 0.717) is 0 Å². The molecule has 1 aromatic rings. The van der Waals surface area contributed by atoms with Gasteiger partial charge in [-0.15, -0.1) is 0 Å². The highest BCUT2D eigenvalue weighted by atomic mass is 127. The van der Waals surface area contributed by atoms with E-state index in [1.165, 1.54) is 16.4 Å². The third kappa shape index (κ3) is 3.58. The molecule has 1 aliphatic heterocycles. The fraction of sp³-hybridized carbons (Fsp3) is 0.438. The third-order valence-corrected chi connectivity index (χ3v) is 4.25. The number of nitrogens with zero attached hydrogens (tertiary/aromatic N) is 2. The average molecular weight is 402 g/mol. The second-order valence-electron chi connectivity index (χ2n) is 5.73. The van der Waals surface area contributed by atoms with E-state index >= 15 is 0 Å². The molecule has 0 radical (unpaired) electrons. The van der Waals surface area contributed by atoms with Gasteiger partial charge in [0.25, 0.3) is 0 Å². The van der Waals surface area contributed by atoms with Crippen molar-refractivity contribution in [2.75, 3.05) is 20.4 Å². The zero-order valence-electron chi connectivity index (χ0n) is 12.9. The van der Waals surface area contributed by atoms with E-state index in [0.717, 1.165) is 6.42 Å². The predicted octanol–water partition coefficient (Wildman–Crippen LogP) is 0.724. The molecule has 0 unspecified atom stereocenters. The maximum atomic E-state index is 2.45. The van der Waals surface area contributed by atoms with Crippen LogP contribution < -0.4 is 24.0 Å². The number of rotatable bonds is 2. The summed E-state index contributed by atoms with van der Waals surface area (Å²) in [4.78, 5) is 2.22. The van der Waals surface area contributed by atoms with Gasteiger partial charge in [0.1, 0.15) is 0 Å². The standard InChI is InChI=1S/C16H23N2S.HI/c1-16(2)12-14(17(3)4)11-15(19-5)18(16)13-9-7-6-8-10-13;/h6-11H,12H2,1-5H3;1H/q+1;/p-1. The summed E-state index contributed by atoms with van der Waals surface area (Å²) >= 11 is 1.81. The molecule has 1 aromatic carbocycles. The van der Waals surface area contributed by atoms with Gasteiger partial charge in [-0.25, -0.2) is 0 Å². The second-order valence-corrected chi connectivity index (χ2v) is 6.56. The van der Waals surface area contributed by atoms with Crippen LogP contribution in [0.2, 0.25) is 0 Å². The third-order valence-electron chi connectivity index (χ3n) is 3.53. The fourth-order valence-electron chi connectivity index (χ4n) is 2.57. The molecule has 0 atom stereocenters. The van der Waals surface area contributed by atoms with Crippen LogP contribution in [0.3, 0.4) is 0 Å². The Morgan fingerprint density at radius 3 is 2.25 bits per heavy atom. The number of hydrogen-bond donors (Lipinski definition) is 0. The van der Waals surface area contributed by atoms with Crippen molar-refractivity contribution in [3.05, 3.63) is 42.1 Å². The molecule has 0 saturated heterocycles. The van der Waals surface area contributed by atoms with E-state index in [4.69, 9.17) is 0 Å². The lowest BCUT2D eigenvalue weighted by Gasteiger charge is -2.31. The van der Waals surface area contributed by atoms with E-state index in [-0.39, 0.29) is 29.5 Å². The van der Waals surface area contributed by atoms with E-state index in [1.807, 2.05) is 11.8 Å². The fourth-order valence-corrected chi connectivity index (χ4v) is 3.36. The molecule has 0 aliphatic carbocycles. The number of para-hydroxylation sites is 1. The number of hydrogen-bond acceptors (Lipinski definition) is 2. The molecule has 1 aliphatic rings. The molecule has 0 saturated carbocycles. The zero-order chi connectivity index (χ0) is 14.0. The SMILES string of the molecule is CSC1=[N+](c2ccccc2)C(C)(C)CC(N(C)C)=C1.[I-]. The van der Waals surface area contributed by atoms with Crippen molar-refractivity contribution in [3.8, 4) is 0 Å². The molecule has 4 heteroatoms. The van der Waals surface area contributed by atoms with Crippen molar-refractivity contribution in [1.82, 2.24) is 4.90 Å². The first-order valence-electron chi connectivity index (χ1n) is 6.60. The Balaban J connectivity index is 0.00000200. The quantitative estimate of drug-likeness (QED) is 0.532. The van der Waals surface area contributed by atoms with Crippen molar-refractivity contribution in [1.29, 1.82) is 0 Å². The van der Waals surface area contributed by atoms with Crippen molar-refractivity contribution in [3.63, 3.8) is 0 Å². The van der Waals surface area contributed by atoms with E-state index in [2.05, 4.69) is 80.1 Å². The van der Waals surface area contributed by atoms with Crippen molar-refractivity contribution in [2.45, 2.75) is 25.8 Å². The van der Waals surface area contributed by atoms with Gasteiger partial charge >= 0.3 is 0 Å². The van der Waals surface area contributed by atoms with Crippen molar-refractivity contribution >= 4 is 22.5 Å². The molecule has 0 fully saturated rings. The molecule has 20 heavy (non-hydrogen) atoms. The number of halogens is 1. The minimum Gasteiger partial charge on any atom is -1.00 e. The maximum absolute atomic E-state index is 2.45. The van der Waals surface area contributed by atoms with Crippen LogP contribution in [0.5, 0.6) is 0 Å². The smallest absolute Gasteiger partial charge is 0.242 e. The Bertz CT molecular complexity index is 519. The highest BCUT2D eigenvalue weighted by Crippen LogP contribution is 2.33. The molecule has 110 valence electrons. The average Bonchev–Trinajstić information content (AvgIpc) is 2.37. The van der Waals surface area contributed by atoms with Crippen LogP contribution >= 0.6 is 11.8 Å². The van der Waals surface area contributed by atoms with E-state index < -0.39 is 0 Å². The Hall–Kier alpha value is -0.490. The van der Waals surface area contributed by atoms with Gasteiger partial charge < -0.3 is 28.9 Å². The summed E-state index contributed by atoms with van der Waals surface area (Å²) < 4.78 is 2.45. The van der Waals surface area contributed by atoms with Gasteiger partial charge in [-0.2, -0.15) is 4.58 Å². The summed E-state index contributed by atoms with van der Waals surface area (Å²) in [5, 5.41) is 1.31. The van der Waals surface area contributed by atoms with Gasteiger partial charge in [0.05, 0.1) is 6.42 Å². The lowest BCUT2D eigenvalue weighted by atomic mass is 9.93. The molecular weight excluding hydrogens is 379 g/mol. The molecule has 0 aromatic heterocycles. The molecule has 0 bridgehead atoms. The van der Waals surface area contributed by atoms with Crippen molar-refractivity contribution in [2.24, 2.45) is 0 Å². The first-order chi connectivity index (χ1) is 8.95. The largest absolute Gasteiger partial charge is 1.00 e. The van der Waals surface area contributed by atoms with Gasteiger partial charge in [-0.05, 0) is 6.26 Å². The highest BCUT2D eigenvalue weighted by Gasteiger charge is 2.39. The van der Waals surface area contributed by atoms with Gasteiger partial charge in [-0.3, -0.25) is 0 Å². The topological polar surface area (TPSA) is 6.25 Å². The minimum atomic E-state index is 0. The minimum absolute atomic E-state index is 0. The Morgan fingerprint density at radius 1 is 1.15 bits per heavy atom. The van der Waals surface area contributed by atoms with Crippen LogP contribution in [-0.2, 0) is 0 Å². The van der Waals surface area contributed by atoms with E-state index in [9.17, 15) is 0 Å². The van der Waals surface area contributed by atoms with E-state index in [1.54, 1.807) is 0 Å². The zero-order valence-corrected chi connectivity index (χ0v) is 15.8. The Labute approximate surface area is 144 Å². The van der Waals surface area contributed by atoms with Crippen LogP contribution in [0.1, 0.15) is 20.3 Å². The Kier molecular flexibility index (Phi) is 6.13. The lowest BCUT2D eigenvalue weighted by Crippen LogP contribution is -3.00. The first kappa shape index (κ1) is 17.6. The summed E-state index contributed by atoms with van der Waals surface area (Å²) in [7, 11) is 4.25. The normalized spacial score (nSPS) is 17.4. The summed E-state index contributed by atoms with van der Waals surface area (Å²) in [5.74, 6) is 0. The number of thioether (sulfide) groups is 1. The molecular formula is C16H23IN2S. The molecule has 1 heterocycles. The summed E-state index contributed by atoms with van der Waals surface area (Å²) in [5.41, 5.74) is 2.75. The lowest BCUT2D eigenvalue weighted by molar-refractivity contribution is -0.523. The molecule has 2 nitrogen and oxygen atoms in total. The van der Waals surface area contributed by atoms with Crippen LogP contribution in [0.15, 0.2) is 42.1 Å². The Morgan fingerprint density at radius 2 is 1.75 bits per heavy atom. The monoisotopic (exact) mass is 402 g/mol. The van der Waals surface area contributed by atoms with Crippen LogP contribution in [0.4, 0.5) is 5.69 Å². The number of benzene rings is 1. The molecule has 0 amide bonds.